The van der Waals surface area contributed by atoms with Gasteiger partial charge in [-0.2, -0.15) is 5.10 Å². The molecule has 2 heterocycles. The van der Waals surface area contributed by atoms with Crippen LogP contribution in [0.1, 0.15) is 16.8 Å². The average molecular weight is 251 g/mol. The number of halogens is 1. The van der Waals surface area contributed by atoms with Crippen LogP contribution in [0.25, 0.3) is 0 Å². The fourth-order valence-corrected chi connectivity index (χ4v) is 1.93. The SMILES string of the molecule is Cc1cc(Cl)ncc1NCc1cn(C)nc1C. The molecule has 0 fully saturated rings. The molecule has 0 radical (unpaired) electrons. The van der Waals surface area contributed by atoms with E-state index in [-0.39, 0.29) is 0 Å². The highest BCUT2D eigenvalue weighted by atomic mass is 35.5. The zero-order valence-corrected chi connectivity index (χ0v) is 10.9. The fourth-order valence-electron chi connectivity index (χ4n) is 1.72. The summed E-state index contributed by atoms with van der Waals surface area (Å²) in [7, 11) is 1.92. The third-order valence-electron chi connectivity index (χ3n) is 2.66. The first-order valence-electron chi connectivity index (χ1n) is 5.41. The Labute approximate surface area is 106 Å². The monoisotopic (exact) mass is 250 g/mol. The Balaban J connectivity index is 2.10. The molecule has 0 saturated heterocycles. The molecule has 5 heteroatoms. The lowest BCUT2D eigenvalue weighted by molar-refractivity contribution is 0.756. The van der Waals surface area contributed by atoms with Crippen LogP contribution in [0.4, 0.5) is 5.69 Å². The lowest BCUT2D eigenvalue weighted by Gasteiger charge is -2.08. The summed E-state index contributed by atoms with van der Waals surface area (Å²) < 4.78 is 1.82. The quantitative estimate of drug-likeness (QED) is 0.852. The maximum Gasteiger partial charge on any atom is 0.129 e. The Hall–Kier alpha value is -1.55. The van der Waals surface area contributed by atoms with Gasteiger partial charge in [-0.15, -0.1) is 0 Å². The molecule has 1 N–H and O–H groups in total. The smallest absolute Gasteiger partial charge is 0.129 e. The average Bonchev–Trinajstić information content (AvgIpc) is 2.56. The third kappa shape index (κ3) is 2.77. The van der Waals surface area contributed by atoms with Crippen molar-refractivity contribution in [2.24, 2.45) is 7.05 Å². The number of anilines is 1. The number of nitrogens with zero attached hydrogens (tertiary/aromatic N) is 3. The second-order valence-corrected chi connectivity index (χ2v) is 4.48. The highest BCUT2D eigenvalue weighted by Crippen LogP contribution is 2.18. The van der Waals surface area contributed by atoms with Gasteiger partial charge in [-0.25, -0.2) is 4.98 Å². The molecular weight excluding hydrogens is 236 g/mol. The molecule has 90 valence electrons. The van der Waals surface area contributed by atoms with E-state index in [1.54, 1.807) is 6.20 Å². The Bertz CT molecular complexity index is 533. The topological polar surface area (TPSA) is 42.7 Å². The van der Waals surface area contributed by atoms with Crippen LogP contribution < -0.4 is 5.32 Å². The van der Waals surface area contributed by atoms with E-state index >= 15 is 0 Å². The van der Waals surface area contributed by atoms with Crippen LogP contribution in [-0.4, -0.2) is 14.8 Å². The van der Waals surface area contributed by atoms with Crippen LogP contribution >= 0.6 is 11.6 Å². The Kier molecular flexibility index (Phi) is 3.33. The molecule has 0 aliphatic carbocycles. The van der Waals surface area contributed by atoms with Crippen molar-refractivity contribution in [1.29, 1.82) is 0 Å². The van der Waals surface area contributed by atoms with Crippen molar-refractivity contribution >= 4 is 17.3 Å². The van der Waals surface area contributed by atoms with Gasteiger partial charge in [-0.1, -0.05) is 11.6 Å². The number of rotatable bonds is 3. The number of pyridine rings is 1. The molecule has 0 unspecified atom stereocenters. The highest BCUT2D eigenvalue weighted by Gasteiger charge is 2.04. The van der Waals surface area contributed by atoms with Crippen LogP contribution in [0.15, 0.2) is 18.5 Å². The summed E-state index contributed by atoms with van der Waals surface area (Å²) in [5.41, 5.74) is 4.31. The van der Waals surface area contributed by atoms with Gasteiger partial charge in [0.1, 0.15) is 5.15 Å². The molecule has 0 aliphatic heterocycles. The van der Waals surface area contributed by atoms with Gasteiger partial charge >= 0.3 is 0 Å². The zero-order valence-electron chi connectivity index (χ0n) is 10.2. The molecule has 0 amide bonds. The van der Waals surface area contributed by atoms with Gasteiger partial charge in [0.15, 0.2) is 0 Å². The first-order valence-corrected chi connectivity index (χ1v) is 5.79. The van der Waals surface area contributed by atoms with Crippen LogP contribution in [0.2, 0.25) is 5.15 Å². The molecule has 4 nitrogen and oxygen atoms in total. The van der Waals surface area contributed by atoms with Crippen molar-refractivity contribution in [3.8, 4) is 0 Å². The Morgan fingerprint density at radius 3 is 2.76 bits per heavy atom. The molecule has 0 spiro atoms. The molecule has 2 rings (SSSR count). The van der Waals surface area contributed by atoms with E-state index in [2.05, 4.69) is 15.4 Å². The van der Waals surface area contributed by atoms with Gasteiger partial charge in [0.25, 0.3) is 0 Å². The van der Waals surface area contributed by atoms with Gasteiger partial charge in [0.2, 0.25) is 0 Å². The number of aromatic nitrogens is 3. The van der Waals surface area contributed by atoms with E-state index in [0.29, 0.717) is 5.15 Å². The lowest BCUT2D eigenvalue weighted by atomic mass is 10.2. The lowest BCUT2D eigenvalue weighted by Crippen LogP contribution is -2.02. The van der Waals surface area contributed by atoms with Crippen LogP contribution in [0, 0.1) is 13.8 Å². The maximum atomic E-state index is 5.81. The van der Waals surface area contributed by atoms with Crippen molar-refractivity contribution < 1.29 is 0 Å². The van der Waals surface area contributed by atoms with Crippen molar-refractivity contribution in [2.45, 2.75) is 20.4 Å². The summed E-state index contributed by atoms with van der Waals surface area (Å²) in [5, 5.41) is 8.16. The third-order valence-corrected chi connectivity index (χ3v) is 2.87. The second-order valence-electron chi connectivity index (χ2n) is 4.09. The largest absolute Gasteiger partial charge is 0.379 e. The molecule has 0 aliphatic rings. The molecule has 0 bridgehead atoms. The van der Waals surface area contributed by atoms with Crippen LogP contribution in [0.5, 0.6) is 0 Å². The van der Waals surface area contributed by atoms with Gasteiger partial charge in [0, 0.05) is 25.4 Å². The van der Waals surface area contributed by atoms with E-state index < -0.39 is 0 Å². The first-order chi connectivity index (χ1) is 8.06. The molecule has 0 atom stereocenters. The van der Waals surface area contributed by atoms with Crippen LogP contribution in [-0.2, 0) is 13.6 Å². The molecule has 0 saturated carbocycles. The summed E-state index contributed by atoms with van der Waals surface area (Å²) >= 11 is 5.81. The molecule has 0 aromatic carbocycles. The number of nitrogens with one attached hydrogen (secondary N) is 1. The Morgan fingerprint density at radius 2 is 2.18 bits per heavy atom. The number of hydrogen-bond acceptors (Lipinski definition) is 3. The Morgan fingerprint density at radius 1 is 1.41 bits per heavy atom. The van der Waals surface area contributed by atoms with Crippen molar-refractivity contribution in [3.63, 3.8) is 0 Å². The highest BCUT2D eigenvalue weighted by molar-refractivity contribution is 6.29. The van der Waals surface area contributed by atoms with E-state index in [0.717, 1.165) is 23.5 Å². The molecule has 17 heavy (non-hydrogen) atoms. The standard InChI is InChI=1S/C12H15ClN4/c1-8-4-12(13)15-6-11(8)14-5-10-7-17(3)16-9(10)2/h4,6-7,14H,5H2,1-3H3. The number of hydrogen-bond donors (Lipinski definition) is 1. The van der Waals surface area contributed by atoms with Gasteiger partial charge in [0.05, 0.1) is 17.6 Å². The first kappa shape index (κ1) is 11.9. The molecule has 2 aromatic heterocycles. The van der Waals surface area contributed by atoms with Crippen molar-refractivity contribution in [1.82, 2.24) is 14.8 Å². The summed E-state index contributed by atoms with van der Waals surface area (Å²) in [5.74, 6) is 0. The normalized spacial score (nSPS) is 10.6. The minimum atomic E-state index is 0.519. The van der Waals surface area contributed by atoms with E-state index in [1.165, 1.54) is 5.56 Å². The number of aryl methyl sites for hydroxylation is 3. The predicted molar refractivity (Wildman–Crippen MR) is 69.3 cm³/mol. The minimum Gasteiger partial charge on any atom is -0.379 e. The molecule has 2 aromatic rings. The summed E-state index contributed by atoms with van der Waals surface area (Å²) in [4.78, 5) is 4.06. The predicted octanol–water partition coefficient (Wildman–Crippen LogP) is 2.70. The summed E-state index contributed by atoms with van der Waals surface area (Å²) in [6.07, 6.45) is 3.77. The summed E-state index contributed by atoms with van der Waals surface area (Å²) in [6.45, 7) is 4.75. The second kappa shape index (κ2) is 4.75. The maximum absolute atomic E-state index is 5.81. The van der Waals surface area contributed by atoms with E-state index in [4.69, 9.17) is 11.6 Å². The van der Waals surface area contributed by atoms with Crippen molar-refractivity contribution in [3.05, 3.63) is 40.4 Å². The summed E-state index contributed by atoms with van der Waals surface area (Å²) in [6, 6.07) is 1.85. The van der Waals surface area contributed by atoms with Crippen molar-refractivity contribution in [2.75, 3.05) is 5.32 Å². The van der Waals surface area contributed by atoms with Crippen LogP contribution in [0.3, 0.4) is 0 Å². The fraction of sp³-hybridized carbons (Fsp3) is 0.333. The van der Waals surface area contributed by atoms with E-state index in [9.17, 15) is 0 Å². The minimum absolute atomic E-state index is 0.519. The van der Waals surface area contributed by atoms with E-state index in [1.807, 2.05) is 37.8 Å². The van der Waals surface area contributed by atoms with Gasteiger partial charge < -0.3 is 5.32 Å². The molecular formula is C12H15ClN4. The zero-order chi connectivity index (χ0) is 12.4. The van der Waals surface area contributed by atoms with Gasteiger partial charge in [-0.05, 0) is 25.5 Å². The van der Waals surface area contributed by atoms with Gasteiger partial charge in [-0.3, -0.25) is 4.68 Å².